The predicted octanol–water partition coefficient (Wildman–Crippen LogP) is 4.07. The molecule has 0 spiro atoms. The molecule has 2 aliphatic rings. The van der Waals surface area contributed by atoms with E-state index in [2.05, 4.69) is 0 Å². The van der Waals surface area contributed by atoms with Crippen LogP contribution in [0, 0.1) is 17.8 Å². The lowest BCUT2D eigenvalue weighted by Gasteiger charge is -2.25. The van der Waals surface area contributed by atoms with Crippen LogP contribution in [0.1, 0.15) is 83.5 Å². The van der Waals surface area contributed by atoms with Crippen LogP contribution in [0.15, 0.2) is 12.2 Å². The Kier molecular flexibility index (Phi) is 9.19. The van der Waals surface area contributed by atoms with Crippen molar-refractivity contribution in [2.45, 2.75) is 89.6 Å². The van der Waals surface area contributed by atoms with Crippen LogP contribution in [0.5, 0.6) is 0 Å². The van der Waals surface area contributed by atoms with Crippen molar-refractivity contribution in [2.75, 3.05) is 0 Å². The molecule has 0 amide bonds. The van der Waals surface area contributed by atoms with Crippen molar-refractivity contribution < 1.29 is 24.6 Å². The molecule has 5 heteroatoms. The van der Waals surface area contributed by atoms with Crippen LogP contribution in [0.3, 0.4) is 0 Å². The smallest absolute Gasteiger partial charge is 0.303 e. The van der Waals surface area contributed by atoms with Crippen molar-refractivity contribution in [1.82, 2.24) is 0 Å². The van der Waals surface area contributed by atoms with E-state index in [1.807, 2.05) is 12.2 Å². The second-order valence-electron chi connectivity index (χ2n) is 8.29. The summed E-state index contributed by atoms with van der Waals surface area (Å²) in [6.45, 7) is 0. The fourth-order valence-electron chi connectivity index (χ4n) is 4.57. The number of carboxylic acids is 1. The SMILES string of the molecule is O=C(O)CCC/C=C/C[C@@H]1C(=O)CC(=O)[C@@H]1CC[C@@H](O)CC1CCCCC1. The minimum atomic E-state index is -0.799. The molecule has 0 aromatic heterocycles. The van der Waals surface area contributed by atoms with E-state index in [1.165, 1.54) is 32.1 Å². The van der Waals surface area contributed by atoms with Gasteiger partial charge in [0.25, 0.3) is 0 Å². The van der Waals surface area contributed by atoms with Crippen LogP contribution in [0.2, 0.25) is 0 Å². The maximum atomic E-state index is 12.2. The Bertz CT molecular complexity index is 533. The van der Waals surface area contributed by atoms with Gasteiger partial charge in [-0.1, -0.05) is 44.3 Å². The summed E-state index contributed by atoms with van der Waals surface area (Å²) >= 11 is 0. The second-order valence-corrected chi connectivity index (χ2v) is 8.29. The molecule has 0 bridgehead atoms. The second kappa shape index (κ2) is 11.4. The zero-order chi connectivity index (χ0) is 19.6. The summed E-state index contributed by atoms with van der Waals surface area (Å²) in [5, 5.41) is 19.0. The summed E-state index contributed by atoms with van der Waals surface area (Å²) in [4.78, 5) is 34.9. The van der Waals surface area contributed by atoms with Gasteiger partial charge in [-0.2, -0.15) is 0 Å². The lowest BCUT2D eigenvalue weighted by atomic mass is 9.82. The Morgan fingerprint density at radius 3 is 2.48 bits per heavy atom. The fraction of sp³-hybridized carbons (Fsp3) is 0.773. The average molecular weight is 379 g/mol. The Labute approximate surface area is 162 Å². The molecule has 27 heavy (non-hydrogen) atoms. The topological polar surface area (TPSA) is 91.7 Å². The Hall–Kier alpha value is -1.49. The number of carbonyl (C=O) groups is 3. The molecule has 2 rings (SSSR count). The number of rotatable bonds is 11. The monoisotopic (exact) mass is 378 g/mol. The maximum absolute atomic E-state index is 12.2. The van der Waals surface area contributed by atoms with Crippen molar-refractivity contribution >= 4 is 17.5 Å². The molecule has 3 atom stereocenters. The number of hydrogen-bond acceptors (Lipinski definition) is 4. The first-order valence-corrected chi connectivity index (χ1v) is 10.6. The lowest BCUT2D eigenvalue weighted by Crippen LogP contribution is -2.21. The van der Waals surface area contributed by atoms with Gasteiger partial charge in [-0.3, -0.25) is 14.4 Å². The van der Waals surface area contributed by atoms with Gasteiger partial charge in [0.1, 0.15) is 11.6 Å². The number of allylic oxidation sites excluding steroid dienone is 2. The molecule has 0 unspecified atom stereocenters. The predicted molar refractivity (Wildman–Crippen MR) is 103 cm³/mol. The zero-order valence-electron chi connectivity index (χ0n) is 16.3. The number of Topliss-reactive ketones (excluding diaryl/α,β-unsaturated/α-hetero) is 2. The van der Waals surface area contributed by atoms with Crippen LogP contribution in [-0.4, -0.2) is 33.9 Å². The van der Waals surface area contributed by atoms with Gasteiger partial charge >= 0.3 is 5.97 Å². The molecule has 0 heterocycles. The standard InChI is InChI=1S/C22H34O5/c23-17(14-16-8-4-3-5-9-16)12-13-19-18(20(24)15-21(19)25)10-6-1-2-7-11-22(26)27/h1,6,16-19,23H,2-5,7-15H2,(H,26,27)/b6-1+/t17-,18+,19-/m1/s1. The highest BCUT2D eigenvalue weighted by molar-refractivity contribution is 6.08. The molecular formula is C22H34O5. The molecule has 2 N–H and O–H groups in total. The third-order valence-electron chi connectivity index (χ3n) is 6.12. The van der Waals surface area contributed by atoms with Crippen LogP contribution >= 0.6 is 0 Å². The van der Waals surface area contributed by atoms with E-state index >= 15 is 0 Å². The summed E-state index contributed by atoms with van der Waals surface area (Å²) in [5.74, 6) is -0.681. The third kappa shape index (κ3) is 7.57. The van der Waals surface area contributed by atoms with Gasteiger partial charge in [-0.05, 0) is 44.4 Å². The molecule has 0 aromatic carbocycles. The maximum Gasteiger partial charge on any atom is 0.303 e. The van der Waals surface area contributed by atoms with Gasteiger partial charge in [0, 0.05) is 18.3 Å². The summed E-state index contributed by atoms with van der Waals surface area (Å²) < 4.78 is 0. The molecule has 0 aliphatic heterocycles. The van der Waals surface area contributed by atoms with E-state index < -0.39 is 5.97 Å². The number of ketones is 2. The number of aliphatic carboxylic acids is 1. The van der Waals surface area contributed by atoms with Crippen molar-refractivity contribution in [2.24, 2.45) is 17.8 Å². The number of carbonyl (C=O) groups excluding carboxylic acids is 2. The highest BCUT2D eigenvalue weighted by atomic mass is 16.4. The molecular weight excluding hydrogens is 344 g/mol. The van der Waals surface area contributed by atoms with Gasteiger partial charge in [0.15, 0.2) is 0 Å². The lowest BCUT2D eigenvalue weighted by molar-refractivity contribution is -0.137. The van der Waals surface area contributed by atoms with Crippen molar-refractivity contribution in [3.63, 3.8) is 0 Å². The van der Waals surface area contributed by atoms with E-state index in [0.717, 1.165) is 6.42 Å². The Morgan fingerprint density at radius 2 is 1.78 bits per heavy atom. The number of unbranched alkanes of at least 4 members (excludes halogenated alkanes) is 1. The van der Waals surface area contributed by atoms with Gasteiger partial charge < -0.3 is 10.2 Å². The summed E-state index contributed by atoms with van der Waals surface area (Å²) in [7, 11) is 0. The largest absolute Gasteiger partial charge is 0.481 e. The average Bonchev–Trinajstić information content (AvgIpc) is 2.89. The van der Waals surface area contributed by atoms with Crippen LogP contribution < -0.4 is 0 Å². The van der Waals surface area contributed by atoms with Gasteiger partial charge in [0.05, 0.1) is 12.5 Å². The molecule has 2 fully saturated rings. The summed E-state index contributed by atoms with van der Waals surface area (Å²) in [5.41, 5.74) is 0. The van der Waals surface area contributed by atoms with Crippen LogP contribution in [0.4, 0.5) is 0 Å². The summed E-state index contributed by atoms with van der Waals surface area (Å²) in [6.07, 6.45) is 13.7. The van der Waals surface area contributed by atoms with E-state index in [1.54, 1.807) is 0 Å². The Morgan fingerprint density at radius 1 is 1.07 bits per heavy atom. The normalized spacial score (nSPS) is 25.4. The highest BCUT2D eigenvalue weighted by Crippen LogP contribution is 2.34. The van der Waals surface area contributed by atoms with Gasteiger partial charge in [-0.25, -0.2) is 0 Å². The minimum absolute atomic E-state index is 0.0157. The number of aliphatic hydroxyl groups excluding tert-OH is 1. The minimum Gasteiger partial charge on any atom is -0.481 e. The van der Waals surface area contributed by atoms with E-state index in [9.17, 15) is 19.5 Å². The van der Waals surface area contributed by atoms with Gasteiger partial charge in [-0.15, -0.1) is 0 Å². The number of hydrogen-bond donors (Lipinski definition) is 2. The highest BCUT2D eigenvalue weighted by Gasteiger charge is 2.40. The number of carboxylic acid groups (broad SMARTS) is 1. The molecule has 0 aromatic rings. The van der Waals surface area contributed by atoms with E-state index in [4.69, 9.17) is 5.11 Å². The fourth-order valence-corrected chi connectivity index (χ4v) is 4.57. The molecule has 0 saturated heterocycles. The first-order valence-electron chi connectivity index (χ1n) is 10.6. The molecule has 152 valence electrons. The van der Waals surface area contributed by atoms with E-state index in [0.29, 0.717) is 38.0 Å². The Balaban J connectivity index is 1.75. The molecule has 2 saturated carbocycles. The molecule has 5 nitrogen and oxygen atoms in total. The van der Waals surface area contributed by atoms with Crippen molar-refractivity contribution in [3.05, 3.63) is 12.2 Å². The van der Waals surface area contributed by atoms with Crippen molar-refractivity contribution in [3.8, 4) is 0 Å². The summed E-state index contributed by atoms with van der Waals surface area (Å²) in [6, 6.07) is 0. The van der Waals surface area contributed by atoms with Crippen molar-refractivity contribution in [1.29, 1.82) is 0 Å². The zero-order valence-corrected chi connectivity index (χ0v) is 16.3. The van der Waals surface area contributed by atoms with Gasteiger partial charge in [0.2, 0.25) is 0 Å². The third-order valence-corrected chi connectivity index (χ3v) is 6.12. The number of aliphatic hydroxyl groups is 1. The quantitative estimate of drug-likeness (QED) is 0.321. The first kappa shape index (κ1) is 21.8. The van der Waals surface area contributed by atoms with Crippen LogP contribution in [0.25, 0.3) is 0 Å². The molecule has 2 aliphatic carbocycles. The molecule has 0 radical (unpaired) electrons. The van der Waals surface area contributed by atoms with Crippen LogP contribution in [-0.2, 0) is 14.4 Å². The first-order chi connectivity index (χ1) is 13.0. The van der Waals surface area contributed by atoms with E-state index in [-0.39, 0.29) is 42.3 Å².